The molecule has 0 aliphatic rings. The summed E-state index contributed by atoms with van der Waals surface area (Å²) < 4.78 is 2.12. The largest absolute Gasteiger partial charge is 0.350 e. The Bertz CT molecular complexity index is 610. The van der Waals surface area contributed by atoms with Gasteiger partial charge in [-0.25, -0.2) is 0 Å². The maximum absolute atomic E-state index is 11.5. The van der Waals surface area contributed by atoms with Gasteiger partial charge in [0.05, 0.1) is 5.52 Å². The topological polar surface area (TPSA) is 25.2 Å². The molecule has 2 aromatic rings. The van der Waals surface area contributed by atoms with Crippen LogP contribution in [-0.4, -0.2) is 22.4 Å². The van der Waals surface area contributed by atoms with Gasteiger partial charge in [-0.05, 0) is 24.1 Å². The van der Waals surface area contributed by atoms with Crippen LogP contribution in [0, 0.1) is 6.92 Å². The van der Waals surface area contributed by atoms with Gasteiger partial charge in [-0.3, -0.25) is 4.79 Å². The molecule has 0 aliphatic heterocycles. The molecule has 18 heavy (non-hydrogen) atoms. The minimum atomic E-state index is -0.0559. The molecular weight excluding hydrogens is 224 g/mol. The average molecular weight is 242 g/mol. The third kappa shape index (κ3) is 2.04. The number of hydrogen-bond acceptors (Lipinski definition) is 1. The Labute approximate surface area is 107 Å². The first-order valence-corrected chi connectivity index (χ1v) is 5.95. The van der Waals surface area contributed by atoms with Crippen molar-refractivity contribution >= 4 is 16.8 Å². The minimum absolute atomic E-state index is 0.0559. The van der Waals surface area contributed by atoms with Crippen molar-refractivity contribution in [3.8, 4) is 0 Å². The van der Waals surface area contributed by atoms with Crippen LogP contribution in [-0.2, 0) is 18.4 Å². The van der Waals surface area contributed by atoms with E-state index in [1.54, 1.807) is 11.9 Å². The van der Waals surface area contributed by atoms with Crippen molar-refractivity contribution in [1.29, 1.82) is 0 Å². The van der Waals surface area contributed by atoms with Gasteiger partial charge in [-0.15, -0.1) is 0 Å². The number of carbonyl (C=O) groups is 1. The summed E-state index contributed by atoms with van der Waals surface area (Å²) in [6, 6.07) is 6.26. The third-order valence-electron chi connectivity index (χ3n) is 3.24. The lowest BCUT2D eigenvalue weighted by atomic mass is 10.1. The van der Waals surface area contributed by atoms with Gasteiger partial charge >= 0.3 is 0 Å². The molecule has 3 nitrogen and oxygen atoms in total. The van der Waals surface area contributed by atoms with E-state index in [0.717, 1.165) is 5.56 Å². The second-order valence-electron chi connectivity index (χ2n) is 4.63. The highest BCUT2D eigenvalue weighted by Gasteiger charge is 2.11. The summed E-state index contributed by atoms with van der Waals surface area (Å²) in [5.41, 5.74) is 3.64. The predicted molar refractivity (Wildman–Crippen MR) is 74.3 cm³/mol. The van der Waals surface area contributed by atoms with Crippen LogP contribution in [0.4, 0.5) is 0 Å². The summed E-state index contributed by atoms with van der Waals surface area (Å²) in [5.74, 6) is -0.0559. The number of likely N-dealkylation sites (N-methyl/N-ethyl adjacent to an activating group) is 1. The number of aryl methyl sites for hydroxylation is 2. The number of amides is 1. The molecule has 0 radical (unpaired) electrons. The lowest BCUT2D eigenvalue weighted by Gasteiger charge is -2.14. The van der Waals surface area contributed by atoms with Crippen LogP contribution in [0.2, 0.25) is 0 Å². The fourth-order valence-corrected chi connectivity index (χ4v) is 2.37. The van der Waals surface area contributed by atoms with Crippen molar-refractivity contribution in [3.63, 3.8) is 0 Å². The van der Waals surface area contributed by atoms with E-state index in [4.69, 9.17) is 0 Å². The predicted octanol–water partition coefficient (Wildman–Crippen LogP) is 2.63. The van der Waals surface area contributed by atoms with E-state index in [1.165, 1.54) is 22.5 Å². The zero-order valence-corrected chi connectivity index (χ0v) is 11.1. The van der Waals surface area contributed by atoms with Gasteiger partial charge in [0.2, 0.25) is 5.91 Å². The van der Waals surface area contributed by atoms with Crippen molar-refractivity contribution in [1.82, 2.24) is 9.47 Å². The van der Waals surface area contributed by atoms with Gasteiger partial charge in [-0.1, -0.05) is 24.8 Å². The Morgan fingerprint density at radius 2 is 2.22 bits per heavy atom. The van der Waals surface area contributed by atoms with E-state index in [-0.39, 0.29) is 5.91 Å². The molecule has 0 bridgehead atoms. The van der Waals surface area contributed by atoms with E-state index >= 15 is 0 Å². The van der Waals surface area contributed by atoms with Crippen LogP contribution in [0.1, 0.15) is 11.1 Å². The highest BCUT2D eigenvalue weighted by molar-refractivity contribution is 5.89. The van der Waals surface area contributed by atoms with Crippen molar-refractivity contribution in [2.24, 2.45) is 7.05 Å². The van der Waals surface area contributed by atoms with Crippen molar-refractivity contribution in [3.05, 3.63) is 48.2 Å². The maximum Gasteiger partial charge on any atom is 0.245 e. The van der Waals surface area contributed by atoms with Crippen LogP contribution >= 0.6 is 0 Å². The summed E-state index contributed by atoms with van der Waals surface area (Å²) in [7, 11) is 3.83. The monoisotopic (exact) mass is 242 g/mol. The Morgan fingerprint density at radius 1 is 1.50 bits per heavy atom. The first-order chi connectivity index (χ1) is 8.54. The smallest absolute Gasteiger partial charge is 0.245 e. The van der Waals surface area contributed by atoms with Gasteiger partial charge in [-0.2, -0.15) is 0 Å². The third-order valence-corrected chi connectivity index (χ3v) is 3.24. The van der Waals surface area contributed by atoms with Gasteiger partial charge in [0.1, 0.15) is 0 Å². The summed E-state index contributed by atoms with van der Waals surface area (Å²) in [5, 5.41) is 1.21. The molecule has 1 aromatic carbocycles. The molecule has 1 amide bonds. The quantitative estimate of drug-likeness (QED) is 0.760. The molecular formula is C15H18N2O. The van der Waals surface area contributed by atoms with E-state index < -0.39 is 0 Å². The number of fused-ring (bicyclic) bond motifs is 1. The molecule has 0 spiro atoms. The van der Waals surface area contributed by atoms with Gasteiger partial charge in [0.25, 0.3) is 0 Å². The fourth-order valence-electron chi connectivity index (χ4n) is 2.37. The fraction of sp³-hybridized carbons (Fsp3) is 0.267. The van der Waals surface area contributed by atoms with Crippen LogP contribution in [0.15, 0.2) is 37.1 Å². The summed E-state index contributed by atoms with van der Waals surface area (Å²) >= 11 is 0. The summed E-state index contributed by atoms with van der Waals surface area (Å²) in [4.78, 5) is 13.2. The number of nitrogens with zero attached hydrogens (tertiary/aromatic N) is 2. The molecule has 0 aliphatic carbocycles. The first kappa shape index (κ1) is 12.4. The van der Waals surface area contributed by atoms with E-state index in [9.17, 15) is 4.79 Å². The Hall–Kier alpha value is -2.03. The SMILES string of the molecule is C=CC(=O)N(C)Cc1cn(C)c2c(C)cccc12. The van der Waals surface area contributed by atoms with E-state index in [0.29, 0.717) is 6.54 Å². The zero-order valence-electron chi connectivity index (χ0n) is 11.1. The van der Waals surface area contributed by atoms with Crippen LogP contribution in [0.5, 0.6) is 0 Å². The number of para-hydroxylation sites is 1. The second kappa shape index (κ2) is 4.69. The Kier molecular flexibility index (Phi) is 3.24. The molecule has 0 N–H and O–H groups in total. The molecule has 0 unspecified atom stereocenters. The van der Waals surface area contributed by atoms with Crippen molar-refractivity contribution in [2.45, 2.75) is 13.5 Å². The molecule has 3 heteroatoms. The minimum Gasteiger partial charge on any atom is -0.350 e. The van der Waals surface area contributed by atoms with Crippen LogP contribution in [0.3, 0.4) is 0 Å². The number of aromatic nitrogens is 1. The highest BCUT2D eigenvalue weighted by atomic mass is 16.2. The number of benzene rings is 1. The van der Waals surface area contributed by atoms with Crippen LogP contribution < -0.4 is 0 Å². The second-order valence-corrected chi connectivity index (χ2v) is 4.63. The average Bonchev–Trinajstić information content (AvgIpc) is 2.66. The molecule has 2 rings (SSSR count). The van der Waals surface area contributed by atoms with Crippen molar-refractivity contribution < 1.29 is 4.79 Å². The summed E-state index contributed by atoms with van der Waals surface area (Å²) in [6.07, 6.45) is 3.43. The summed E-state index contributed by atoms with van der Waals surface area (Å²) in [6.45, 7) is 6.21. The normalized spacial score (nSPS) is 10.6. The highest BCUT2D eigenvalue weighted by Crippen LogP contribution is 2.24. The Morgan fingerprint density at radius 3 is 2.89 bits per heavy atom. The van der Waals surface area contributed by atoms with Crippen LogP contribution in [0.25, 0.3) is 10.9 Å². The van der Waals surface area contributed by atoms with Gasteiger partial charge in [0, 0.05) is 32.2 Å². The molecule has 0 fully saturated rings. The van der Waals surface area contributed by atoms with Crippen molar-refractivity contribution in [2.75, 3.05) is 7.05 Å². The molecule has 0 saturated heterocycles. The molecule has 0 saturated carbocycles. The molecule has 1 heterocycles. The maximum atomic E-state index is 11.5. The standard InChI is InChI=1S/C15H18N2O/c1-5-14(18)16(3)9-12-10-17(4)15-11(2)7-6-8-13(12)15/h5-8,10H,1,9H2,2-4H3. The van der Waals surface area contributed by atoms with Gasteiger partial charge < -0.3 is 9.47 Å². The first-order valence-electron chi connectivity index (χ1n) is 5.95. The lowest BCUT2D eigenvalue weighted by Crippen LogP contribution is -2.23. The number of rotatable bonds is 3. The number of carbonyl (C=O) groups excluding carboxylic acids is 1. The Balaban J connectivity index is 2.44. The van der Waals surface area contributed by atoms with E-state index in [2.05, 4.69) is 42.5 Å². The number of hydrogen-bond donors (Lipinski definition) is 0. The molecule has 94 valence electrons. The zero-order chi connectivity index (χ0) is 13.3. The van der Waals surface area contributed by atoms with E-state index in [1.807, 2.05) is 7.05 Å². The van der Waals surface area contributed by atoms with Gasteiger partial charge in [0.15, 0.2) is 0 Å². The molecule has 1 aromatic heterocycles. The lowest BCUT2D eigenvalue weighted by molar-refractivity contribution is -0.125. The molecule has 0 atom stereocenters.